The first-order valence-electron chi connectivity index (χ1n) is 7.59. The second-order valence-corrected chi connectivity index (χ2v) is 5.09. The summed E-state index contributed by atoms with van der Waals surface area (Å²) in [4.78, 5) is 53.9. The Kier molecular flexibility index (Phi) is 7.85. The lowest BCUT2D eigenvalue weighted by Gasteiger charge is -2.26. The van der Waals surface area contributed by atoms with Crippen LogP contribution in [0.25, 0.3) is 6.08 Å². The normalized spacial score (nSPS) is 10.2. The smallest absolute Gasteiger partial charge is 0.317 e. The second kappa shape index (κ2) is 9.86. The molecule has 0 heterocycles. The third kappa shape index (κ3) is 6.09. The van der Waals surface area contributed by atoms with Gasteiger partial charge in [-0.25, -0.2) is 9.59 Å². The molecule has 0 atom stereocenters. The van der Waals surface area contributed by atoms with Gasteiger partial charge in [-0.05, 0) is 18.6 Å². The molecule has 0 aliphatic heterocycles. The molecule has 0 unspecified atom stereocenters. The number of carbonyl (C=O) groups excluding carboxylic acids is 4. The van der Waals surface area contributed by atoms with Crippen LogP contribution in [0, 0.1) is 0 Å². The number of rotatable bonds is 5. The van der Waals surface area contributed by atoms with Gasteiger partial charge in [0.1, 0.15) is 6.29 Å². The molecule has 0 aliphatic rings. The summed E-state index contributed by atoms with van der Waals surface area (Å²) in [7, 11) is 2.91. The summed E-state index contributed by atoms with van der Waals surface area (Å²) in [5.74, 6) is -0.694. The summed E-state index contributed by atoms with van der Waals surface area (Å²) < 4.78 is 0. The van der Waals surface area contributed by atoms with Crippen LogP contribution in [0.2, 0.25) is 0 Å². The quantitative estimate of drug-likeness (QED) is 0.460. The van der Waals surface area contributed by atoms with E-state index >= 15 is 0 Å². The number of carbonyl (C=O) groups is 4. The van der Waals surface area contributed by atoms with Gasteiger partial charge in [0.25, 0.3) is 5.91 Å². The summed E-state index contributed by atoms with van der Waals surface area (Å²) in [5, 5.41) is 0.722. The zero-order chi connectivity index (χ0) is 18.8. The van der Waals surface area contributed by atoms with Crippen LogP contribution < -0.4 is 0 Å². The first-order chi connectivity index (χ1) is 11.9. The Labute approximate surface area is 146 Å². The number of hydrogen-bond donors (Lipinski definition) is 0. The van der Waals surface area contributed by atoms with Crippen LogP contribution in [-0.2, 0) is 14.4 Å². The molecule has 0 bridgehead atoms. The molecule has 134 valence electrons. The van der Waals surface area contributed by atoms with E-state index in [0.717, 1.165) is 15.5 Å². The third-order valence-corrected chi connectivity index (χ3v) is 3.03. The fraction of sp³-hybridized carbons (Fsp3) is 0.294. The van der Waals surface area contributed by atoms with Gasteiger partial charge in [-0.1, -0.05) is 30.3 Å². The maximum absolute atomic E-state index is 12.4. The maximum atomic E-state index is 12.4. The molecule has 8 nitrogen and oxygen atoms in total. The molecule has 0 aliphatic carbocycles. The highest BCUT2D eigenvalue weighted by Crippen LogP contribution is 2.06. The molecule has 0 saturated carbocycles. The SMILES string of the molecule is CCN(OC(=O)N(C)C)C(=O)N(CC=O)C(=O)/C=C/c1ccccc1. The number of nitrogens with zero attached hydrogens (tertiary/aromatic N) is 3. The molecular formula is C17H21N3O5. The minimum Gasteiger partial charge on any atom is -0.317 e. The Balaban J connectivity index is 2.90. The molecule has 0 fully saturated rings. The number of amides is 4. The summed E-state index contributed by atoms with van der Waals surface area (Å²) in [6.45, 7) is 1.14. The van der Waals surface area contributed by atoms with Gasteiger partial charge in [-0.15, -0.1) is 0 Å². The molecule has 0 aromatic heterocycles. The van der Waals surface area contributed by atoms with Crippen LogP contribution in [0.3, 0.4) is 0 Å². The highest BCUT2D eigenvalue weighted by Gasteiger charge is 2.27. The van der Waals surface area contributed by atoms with E-state index in [4.69, 9.17) is 4.84 Å². The topological polar surface area (TPSA) is 87.2 Å². The van der Waals surface area contributed by atoms with E-state index in [2.05, 4.69) is 0 Å². The zero-order valence-electron chi connectivity index (χ0n) is 14.4. The van der Waals surface area contributed by atoms with Crippen molar-refractivity contribution in [3.05, 3.63) is 42.0 Å². The number of urea groups is 1. The molecule has 25 heavy (non-hydrogen) atoms. The van der Waals surface area contributed by atoms with Crippen molar-refractivity contribution in [2.75, 3.05) is 27.2 Å². The van der Waals surface area contributed by atoms with Gasteiger partial charge in [0.15, 0.2) is 0 Å². The van der Waals surface area contributed by atoms with Gasteiger partial charge >= 0.3 is 12.1 Å². The predicted molar refractivity (Wildman–Crippen MR) is 91.2 cm³/mol. The second-order valence-electron chi connectivity index (χ2n) is 5.09. The monoisotopic (exact) mass is 347 g/mol. The van der Waals surface area contributed by atoms with Gasteiger partial charge in [0.05, 0.1) is 13.1 Å². The Morgan fingerprint density at radius 3 is 2.28 bits per heavy atom. The Bertz CT molecular complexity index is 643. The molecule has 1 rings (SSSR count). The first-order valence-corrected chi connectivity index (χ1v) is 7.59. The van der Waals surface area contributed by atoms with E-state index in [1.165, 1.54) is 26.2 Å². The maximum Gasteiger partial charge on any atom is 0.433 e. The van der Waals surface area contributed by atoms with E-state index in [1.54, 1.807) is 31.2 Å². The van der Waals surface area contributed by atoms with Crippen molar-refractivity contribution in [1.82, 2.24) is 14.9 Å². The standard InChI is InChI=1S/C17H21N3O5/c1-4-20(25-17(24)18(2)3)16(23)19(12-13-21)15(22)11-10-14-8-6-5-7-9-14/h5-11,13H,4,12H2,1-3H3/b11-10+. The largest absolute Gasteiger partial charge is 0.433 e. The first kappa shape index (κ1) is 19.9. The van der Waals surface area contributed by atoms with Crippen LogP contribution in [0.1, 0.15) is 12.5 Å². The number of imide groups is 1. The minimum atomic E-state index is -0.896. The molecule has 0 saturated heterocycles. The van der Waals surface area contributed by atoms with Crippen LogP contribution in [0.4, 0.5) is 9.59 Å². The molecule has 1 aromatic carbocycles. The third-order valence-electron chi connectivity index (χ3n) is 3.03. The van der Waals surface area contributed by atoms with Gasteiger partial charge in [0, 0.05) is 20.2 Å². The number of hydroxylamine groups is 2. The van der Waals surface area contributed by atoms with Crippen molar-refractivity contribution in [3.63, 3.8) is 0 Å². The molecule has 0 N–H and O–H groups in total. The molecule has 4 amide bonds. The van der Waals surface area contributed by atoms with E-state index in [0.29, 0.717) is 11.2 Å². The Morgan fingerprint density at radius 1 is 1.12 bits per heavy atom. The van der Waals surface area contributed by atoms with Crippen molar-refractivity contribution in [1.29, 1.82) is 0 Å². The summed E-state index contributed by atoms with van der Waals surface area (Å²) in [6, 6.07) is 8.11. The van der Waals surface area contributed by atoms with E-state index in [-0.39, 0.29) is 6.54 Å². The summed E-state index contributed by atoms with van der Waals surface area (Å²) >= 11 is 0. The van der Waals surface area contributed by atoms with Gasteiger partial charge in [0.2, 0.25) is 0 Å². The fourth-order valence-corrected chi connectivity index (χ4v) is 1.71. The van der Waals surface area contributed by atoms with E-state index < -0.39 is 24.6 Å². The lowest BCUT2D eigenvalue weighted by molar-refractivity contribution is -0.130. The van der Waals surface area contributed by atoms with Crippen molar-refractivity contribution in [2.45, 2.75) is 6.92 Å². The number of aldehydes is 1. The van der Waals surface area contributed by atoms with Crippen LogP contribution in [0.5, 0.6) is 0 Å². The molecule has 0 radical (unpaired) electrons. The van der Waals surface area contributed by atoms with Crippen LogP contribution in [-0.4, -0.2) is 66.4 Å². The molecule has 0 spiro atoms. The fourth-order valence-electron chi connectivity index (χ4n) is 1.71. The van der Waals surface area contributed by atoms with Crippen molar-refractivity contribution in [3.8, 4) is 0 Å². The highest BCUT2D eigenvalue weighted by molar-refractivity contribution is 6.03. The van der Waals surface area contributed by atoms with Gasteiger partial charge < -0.3 is 14.5 Å². The molecule has 1 aromatic rings. The van der Waals surface area contributed by atoms with Gasteiger partial charge in [-0.2, -0.15) is 5.06 Å². The summed E-state index contributed by atoms with van der Waals surface area (Å²) in [5.41, 5.74) is 0.765. The van der Waals surface area contributed by atoms with Gasteiger partial charge in [-0.3, -0.25) is 9.69 Å². The van der Waals surface area contributed by atoms with Crippen molar-refractivity contribution in [2.24, 2.45) is 0 Å². The van der Waals surface area contributed by atoms with Crippen molar-refractivity contribution >= 4 is 30.4 Å². The molecule has 8 heteroatoms. The summed E-state index contributed by atoms with van der Waals surface area (Å²) in [6.07, 6.45) is 2.36. The lowest BCUT2D eigenvalue weighted by atomic mass is 10.2. The zero-order valence-corrected chi connectivity index (χ0v) is 14.4. The minimum absolute atomic E-state index is 0.0173. The van der Waals surface area contributed by atoms with E-state index in [9.17, 15) is 19.2 Å². The lowest BCUT2D eigenvalue weighted by Crippen LogP contribution is -2.48. The van der Waals surface area contributed by atoms with Crippen LogP contribution in [0.15, 0.2) is 36.4 Å². The Hall–Kier alpha value is -3.16. The van der Waals surface area contributed by atoms with E-state index in [1.807, 2.05) is 6.07 Å². The highest BCUT2D eigenvalue weighted by atomic mass is 16.7. The average molecular weight is 347 g/mol. The molecular weight excluding hydrogens is 326 g/mol. The van der Waals surface area contributed by atoms with Crippen molar-refractivity contribution < 1.29 is 24.0 Å². The Morgan fingerprint density at radius 2 is 1.76 bits per heavy atom. The predicted octanol–water partition coefficient (Wildman–Crippen LogP) is 1.78. The number of hydrogen-bond acceptors (Lipinski definition) is 5. The average Bonchev–Trinajstić information content (AvgIpc) is 2.62. The number of benzene rings is 1. The van der Waals surface area contributed by atoms with Crippen LogP contribution >= 0.6 is 0 Å².